The normalized spacial score (nSPS) is 20.3. The largest absolute Gasteiger partial charge is 0.384 e. The fourth-order valence-corrected chi connectivity index (χ4v) is 1.63. The van der Waals surface area contributed by atoms with E-state index in [2.05, 4.69) is 0 Å². The summed E-state index contributed by atoms with van der Waals surface area (Å²) in [7, 11) is 1.59. The Bertz CT molecular complexity index is 203. The molecular weight excluding hydrogens is 196 g/mol. The number of carbonyl (C=O) groups excluding carboxylic acids is 1. The first kappa shape index (κ1) is 12.4. The predicted octanol–water partition coefficient (Wildman–Crippen LogP) is -0.680. The standard InChI is InChI=1S/C10H19N2O3/c1-9(13)11-4-6-12(7-5-11)10(14)3-8-15-2/h3,10,14H,4-8H2,1-2H3. The van der Waals surface area contributed by atoms with E-state index in [1.54, 1.807) is 25.4 Å². The van der Waals surface area contributed by atoms with E-state index in [0.29, 0.717) is 32.8 Å². The molecule has 0 aromatic carbocycles. The number of ether oxygens (including phenoxy) is 1. The van der Waals surface area contributed by atoms with Crippen LogP contribution in [0.3, 0.4) is 0 Å². The molecule has 0 aromatic rings. The Balaban J connectivity index is 2.27. The van der Waals surface area contributed by atoms with Gasteiger partial charge in [0.15, 0.2) is 0 Å². The summed E-state index contributed by atoms with van der Waals surface area (Å²) in [5.41, 5.74) is 0. The first-order valence-corrected chi connectivity index (χ1v) is 5.15. The van der Waals surface area contributed by atoms with E-state index in [-0.39, 0.29) is 5.91 Å². The van der Waals surface area contributed by atoms with Gasteiger partial charge < -0.3 is 14.7 Å². The second-order valence-corrected chi connectivity index (χ2v) is 3.65. The van der Waals surface area contributed by atoms with Gasteiger partial charge in [0.25, 0.3) is 0 Å². The molecule has 0 saturated carbocycles. The van der Waals surface area contributed by atoms with Crippen molar-refractivity contribution in [3.05, 3.63) is 6.42 Å². The summed E-state index contributed by atoms with van der Waals surface area (Å²) in [5.74, 6) is 0.102. The van der Waals surface area contributed by atoms with Gasteiger partial charge in [0.2, 0.25) is 5.91 Å². The molecule has 0 spiro atoms. The second kappa shape index (κ2) is 6.05. The molecule has 1 atom stereocenters. The number of hydrogen-bond donors (Lipinski definition) is 1. The van der Waals surface area contributed by atoms with Crippen LogP contribution in [-0.4, -0.2) is 66.9 Å². The van der Waals surface area contributed by atoms with E-state index in [1.807, 2.05) is 4.90 Å². The van der Waals surface area contributed by atoms with Crippen molar-refractivity contribution in [3.8, 4) is 0 Å². The zero-order valence-corrected chi connectivity index (χ0v) is 9.35. The highest BCUT2D eigenvalue weighted by atomic mass is 16.5. The minimum atomic E-state index is -0.570. The maximum atomic E-state index is 11.1. The molecule has 1 aliphatic rings. The number of carbonyl (C=O) groups is 1. The summed E-state index contributed by atoms with van der Waals surface area (Å²) in [6.45, 7) is 4.81. The highest BCUT2D eigenvalue weighted by Gasteiger charge is 2.22. The maximum absolute atomic E-state index is 11.1. The predicted molar refractivity (Wildman–Crippen MR) is 56.0 cm³/mol. The van der Waals surface area contributed by atoms with Crippen LogP contribution in [0, 0.1) is 6.42 Å². The summed E-state index contributed by atoms with van der Waals surface area (Å²) < 4.78 is 4.86. The van der Waals surface area contributed by atoms with Gasteiger partial charge in [-0.1, -0.05) is 0 Å². The molecule has 1 radical (unpaired) electrons. The first-order chi connectivity index (χ1) is 7.15. The van der Waals surface area contributed by atoms with Gasteiger partial charge >= 0.3 is 0 Å². The molecule has 1 rings (SSSR count). The van der Waals surface area contributed by atoms with E-state index in [4.69, 9.17) is 4.74 Å². The van der Waals surface area contributed by atoms with Crippen LogP contribution in [0.5, 0.6) is 0 Å². The molecule has 1 saturated heterocycles. The van der Waals surface area contributed by atoms with Crippen molar-refractivity contribution in [1.82, 2.24) is 9.80 Å². The number of amides is 1. The monoisotopic (exact) mass is 215 g/mol. The van der Waals surface area contributed by atoms with E-state index in [0.717, 1.165) is 0 Å². The number of methoxy groups -OCH3 is 1. The quantitative estimate of drug-likeness (QED) is 0.675. The van der Waals surface area contributed by atoms with Crippen molar-refractivity contribution >= 4 is 5.91 Å². The van der Waals surface area contributed by atoms with Crippen LogP contribution in [0.2, 0.25) is 0 Å². The molecule has 1 unspecified atom stereocenters. The zero-order valence-electron chi connectivity index (χ0n) is 9.35. The minimum absolute atomic E-state index is 0.102. The van der Waals surface area contributed by atoms with Gasteiger partial charge in [0, 0.05) is 46.6 Å². The van der Waals surface area contributed by atoms with Crippen LogP contribution < -0.4 is 0 Å². The molecular formula is C10H19N2O3. The van der Waals surface area contributed by atoms with Gasteiger partial charge in [-0.3, -0.25) is 9.69 Å². The van der Waals surface area contributed by atoms with Gasteiger partial charge in [-0.2, -0.15) is 0 Å². The summed E-state index contributed by atoms with van der Waals surface area (Å²) >= 11 is 0. The first-order valence-electron chi connectivity index (χ1n) is 5.15. The molecule has 1 N–H and O–H groups in total. The van der Waals surface area contributed by atoms with Crippen molar-refractivity contribution in [2.24, 2.45) is 0 Å². The van der Waals surface area contributed by atoms with E-state index < -0.39 is 6.23 Å². The van der Waals surface area contributed by atoms with Crippen molar-refractivity contribution in [2.75, 3.05) is 39.9 Å². The molecule has 0 bridgehead atoms. The molecule has 15 heavy (non-hydrogen) atoms. The third-order valence-electron chi connectivity index (χ3n) is 2.61. The lowest BCUT2D eigenvalue weighted by molar-refractivity contribution is -0.132. The van der Waals surface area contributed by atoms with Crippen molar-refractivity contribution < 1.29 is 14.6 Å². The third kappa shape index (κ3) is 3.77. The molecule has 5 nitrogen and oxygen atoms in total. The van der Waals surface area contributed by atoms with Crippen LogP contribution in [-0.2, 0) is 9.53 Å². The highest BCUT2D eigenvalue weighted by Crippen LogP contribution is 2.06. The van der Waals surface area contributed by atoms with Crippen LogP contribution in [0.25, 0.3) is 0 Å². The summed E-state index contributed by atoms with van der Waals surface area (Å²) in [6.07, 6.45) is 1.14. The summed E-state index contributed by atoms with van der Waals surface area (Å²) in [6, 6.07) is 0. The fourth-order valence-electron chi connectivity index (χ4n) is 1.63. The van der Waals surface area contributed by atoms with Gasteiger partial charge in [-0.25, -0.2) is 0 Å². The number of hydrogen-bond acceptors (Lipinski definition) is 4. The molecule has 87 valence electrons. The number of nitrogens with zero attached hydrogens (tertiary/aromatic N) is 2. The number of aliphatic hydroxyl groups is 1. The second-order valence-electron chi connectivity index (χ2n) is 3.65. The smallest absolute Gasteiger partial charge is 0.219 e. The van der Waals surface area contributed by atoms with Crippen LogP contribution >= 0.6 is 0 Å². The number of aliphatic hydroxyl groups excluding tert-OH is 1. The van der Waals surface area contributed by atoms with Crippen molar-refractivity contribution in [1.29, 1.82) is 0 Å². The third-order valence-corrected chi connectivity index (χ3v) is 2.61. The summed E-state index contributed by atoms with van der Waals surface area (Å²) in [5, 5.41) is 9.72. The Morgan fingerprint density at radius 2 is 2.07 bits per heavy atom. The molecule has 1 amide bonds. The molecule has 1 heterocycles. The van der Waals surface area contributed by atoms with E-state index in [1.165, 1.54) is 0 Å². The maximum Gasteiger partial charge on any atom is 0.219 e. The highest BCUT2D eigenvalue weighted by molar-refractivity contribution is 5.73. The fraction of sp³-hybridized carbons (Fsp3) is 0.800. The van der Waals surface area contributed by atoms with Gasteiger partial charge in [-0.05, 0) is 0 Å². The molecule has 0 aliphatic carbocycles. The van der Waals surface area contributed by atoms with Crippen LogP contribution in [0.15, 0.2) is 0 Å². The van der Waals surface area contributed by atoms with Crippen LogP contribution in [0.4, 0.5) is 0 Å². The van der Waals surface area contributed by atoms with Gasteiger partial charge in [0.05, 0.1) is 6.61 Å². The Kier molecular flexibility index (Phi) is 5.01. The van der Waals surface area contributed by atoms with Gasteiger partial charge in [-0.15, -0.1) is 0 Å². The molecule has 1 aliphatic heterocycles. The topological polar surface area (TPSA) is 53.0 Å². The van der Waals surface area contributed by atoms with Gasteiger partial charge in [0.1, 0.15) is 6.23 Å². The lowest BCUT2D eigenvalue weighted by Gasteiger charge is -2.36. The molecule has 1 fully saturated rings. The lowest BCUT2D eigenvalue weighted by atomic mass is 10.2. The average molecular weight is 215 g/mol. The van der Waals surface area contributed by atoms with Crippen molar-refractivity contribution in [3.63, 3.8) is 0 Å². The zero-order chi connectivity index (χ0) is 11.3. The van der Waals surface area contributed by atoms with Crippen molar-refractivity contribution in [2.45, 2.75) is 13.2 Å². The van der Waals surface area contributed by atoms with E-state index >= 15 is 0 Å². The Hall–Kier alpha value is -0.650. The minimum Gasteiger partial charge on any atom is -0.384 e. The Morgan fingerprint density at radius 1 is 1.47 bits per heavy atom. The summed E-state index contributed by atoms with van der Waals surface area (Å²) in [4.78, 5) is 14.8. The number of rotatable bonds is 4. The van der Waals surface area contributed by atoms with Crippen LogP contribution in [0.1, 0.15) is 6.92 Å². The molecule has 0 aromatic heterocycles. The Morgan fingerprint density at radius 3 is 2.53 bits per heavy atom. The Labute approximate surface area is 90.6 Å². The SMILES string of the molecule is COC[CH]C(O)N1CCN(C(C)=O)CC1. The lowest BCUT2D eigenvalue weighted by Crippen LogP contribution is -2.51. The number of piperazine rings is 1. The molecule has 5 heteroatoms. The van der Waals surface area contributed by atoms with E-state index in [9.17, 15) is 9.90 Å². The average Bonchev–Trinajstić information content (AvgIpc) is 2.26.